The maximum Gasteiger partial charge on any atom is 0.268 e. The van der Waals surface area contributed by atoms with E-state index in [1.165, 1.54) is 0 Å². The van der Waals surface area contributed by atoms with Crippen molar-refractivity contribution < 1.29 is 19.5 Å². The summed E-state index contributed by atoms with van der Waals surface area (Å²) < 4.78 is 0. The summed E-state index contributed by atoms with van der Waals surface area (Å²) in [4.78, 5) is 54.8. The molecule has 5 aromatic rings. The van der Waals surface area contributed by atoms with Gasteiger partial charge in [-0.3, -0.25) is 19.2 Å². The number of aliphatic hydroxyl groups excluding tert-OH is 1. The molecule has 13 nitrogen and oxygen atoms in total. The van der Waals surface area contributed by atoms with Crippen molar-refractivity contribution in [2.45, 2.75) is 31.5 Å². The molecule has 13 heteroatoms. The van der Waals surface area contributed by atoms with Crippen molar-refractivity contribution in [2.75, 3.05) is 5.32 Å². The maximum atomic E-state index is 13.4. The summed E-state index contributed by atoms with van der Waals surface area (Å²) in [6.45, 7) is 1.80. The van der Waals surface area contributed by atoms with Gasteiger partial charge >= 0.3 is 0 Å². The second-order valence-corrected chi connectivity index (χ2v) is 10.3. The standard InChI is InChI=1S/C32H30N8O5/c1-19(21-11-6-3-7-12-21)33-30(43)26-17-24(41)18-27(35-26)31(44)36-25(15-20-9-4-2-5-10-20)28(42)32(45)34-23-14-8-13-22(16-23)29-37-39-40-38-29/h2-14,16-19,25,28,42H,15H2,1H3,(H,33,43)(H,34,45)(H,35,41)(H,36,44)(H,37,38,39,40)/t19-,25?,28+/m1/s1. The van der Waals surface area contributed by atoms with Crippen LogP contribution >= 0.6 is 0 Å². The Morgan fingerprint density at radius 1 is 0.844 bits per heavy atom. The third kappa shape index (κ3) is 7.91. The monoisotopic (exact) mass is 606 g/mol. The smallest absolute Gasteiger partial charge is 0.268 e. The Bertz CT molecular complexity index is 1830. The lowest BCUT2D eigenvalue weighted by atomic mass is 10.00. The summed E-state index contributed by atoms with van der Waals surface area (Å²) in [5.74, 6) is -1.83. The summed E-state index contributed by atoms with van der Waals surface area (Å²) in [5, 5.41) is 33.0. The molecule has 0 saturated heterocycles. The number of carbonyl (C=O) groups excluding carboxylic acids is 3. The van der Waals surface area contributed by atoms with Crippen LogP contribution in [0.15, 0.2) is 102 Å². The number of nitrogens with one attached hydrogen (secondary N) is 5. The SMILES string of the molecule is C[C@@H](NC(=O)c1cc(=O)cc(C(=O)NC(Cc2ccccc2)[C@H](O)C(=O)Nc2cccc(-c3nn[nH]n3)c2)[nH]1)c1ccccc1. The van der Waals surface area contributed by atoms with Crippen LogP contribution in [0.25, 0.3) is 11.4 Å². The molecule has 0 aliphatic rings. The van der Waals surface area contributed by atoms with Crippen LogP contribution in [0.5, 0.6) is 0 Å². The molecule has 3 aromatic carbocycles. The van der Waals surface area contributed by atoms with E-state index in [1.807, 2.05) is 36.4 Å². The van der Waals surface area contributed by atoms with Gasteiger partial charge in [-0.15, -0.1) is 10.2 Å². The minimum atomic E-state index is -1.70. The first kappa shape index (κ1) is 30.5. The summed E-state index contributed by atoms with van der Waals surface area (Å²) in [6, 6.07) is 25.6. The lowest BCUT2D eigenvalue weighted by molar-refractivity contribution is -0.125. The fourth-order valence-electron chi connectivity index (χ4n) is 4.66. The molecule has 6 N–H and O–H groups in total. The summed E-state index contributed by atoms with van der Waals surface area (Å²) in [6.07, 6.45) is -1.61. The lowest BCUT2D eigenvalue weighted by Crippen LogP contribution is -2.50. The Balaban J connectivity index is 1.33. The average molecular weight is 607 g/mol. The first-order chi connectivity index (χ1) is 21.8. The fourth-order valence-corrected chi connectivity index (χ4v) is 4.66. The predicted molar refractivity (Wildman–Crippen MR) is 165 cm³/mol. The van der Waals surface area contributed by atoms with E-state index in [4.69, 9.17) is 0 Å². The molecular weight excluding hydrogens is 576 g/mol. The van der Waals surface area contributed by atoms with Crippen molar-refractivity contribution in [3.8, 4) is 11.4 Å². The lowest BCUT2D eigenvalue weighted by Gasteiger charge is -2.24. The van der Waals surface area contributed by atoms with Gasteiger partial charge < -0.3 is 26.0 Å². The van der Waals surface area contributed by atoms with E-state index in [2.05, 4.69) is 41.6 Å². The number of rotatable bonds is 11. The van der Waals surface area contributed by atoms with Crippen molar-refractivity contribution in [3.05, 3.63) is 130 Å². The fraction of sp³-hybridized carbons (Fsp3) is 0.156. The summed E-state index contributed by atoms with van der Waals surface area (Å²) in [7, 11) is 0. The minimum absolute atomic E-state index is 0.0864. The Morgan fingerprint density at radius 3 is 2.18 bits per heavy atom. The van der Waals surface area contributed by atoms with E-state index >= 15 is 0 Å². The highest BCUT2D eigenvalue weighted by Crippen LogP contribution is 2.19. The van der Waals surface area contributed by atoms with Gasteiger partial charge in [-0.2, -0.15) is 5.21 Å². The molecule has 0 aliphatic heterocycles. The van der Waals surface area contributed by atoms with Crippen molar-refractivity contribution >= 4 is 23.4 Å². The molecule has 1 unspecified atom stereocenters. The van der Waals surface area contributed by atoms with Gasteiger partial charge in [0.25, 0.3) is 17.7 Å². The maximum absolute atomic E-state index is 13.4. The molecule has 2 aromatic heterocycles. The molecule has 0 radical (unpaired) electrons. The number of tetrazole rings is 1. The molecule has 0 aliphatic carbocycles. The number of hydrogen-bond donors (Lipinski definition) is 6. The van der Waals surface area contributed by atoms with Crippen LogP contribution in [0.3, 0.4) is 0 Å². The van der Waals surface area contributed by atoms with Crippen LogP contribution in [0.1, 0.15) is 45.1 Å². The number of anilines is 1. The molecule has 2 heterocycles. The molecule has 0 bridgehead atoms. The molecule has 0 fully saturated rings. The zero-order valence-electron chi connectivity index (χ0n) is 24.1. The zero-order valence-corrected chi connectivity index (χ0v) is 24.1. The van der Waals surface area contributed by atoms with Crippen LogP contribution in [0.2, 0.25) is 0 Å². The first-order valence-corrected chi connectivity index (χ1v) is 14.0. The van der Waals surface area contributed by atoms with Crippen LogP contribution in [-0.2, 0) is 11.2 Å². The molecule has 0 saturated carbocycles. The van der Waals surface area contributed by atoms with E-state index in [9.17, 15) is 24.3 Å². The Morgan fingerprint density at radius 2 is 1.51 bits per heavy atom. The first-order valence-electron chi connectivity index (χ1n) is 14.0. The van der Waals surface area contributed by atoms with Gasteiger partial charge in [-0.25, -0.2) is 0 Å². The quantitative estimate of drug-likeness (QED) is 0.132. The number of aromatic amines is 2. The topological polar surface area (TPSA) is 195 Å². The number of aromatic nitrogens is 5. The van der Waals surface area contributed by atoms with Crippen LogP contribution in [0, 0.1) is 0 Å². The highest BCUT2D eigenvalue weighted by atomic mass is 16.3. The number of nitrogens with zero attached hydrogens (tertiary/aromatic N) is 3. The number of amides is 3. The second kappa shape index (κ2) is 14.0. The largest absolute Gasteiger partial charge is 0.381 e. The zero-order chi connectivity index (χ0) is 31.8. The number of benzene rings is 3. The second-order valence-electron chi connectivity index (χ2n) is 10.3. The Labute approximate surface area is 257 Å². The third-order valence-electron chi connectivity index (χ3n) is 6.98. The molecule has 228 valence electrons. The molecular formula is C32H30N8O5. The number of hydrogen-bond acceptors (Lipinski definition) is 8. The molecule has 5 rings (SSSR count). The van der Waals surface area contributed by atoms with Gasteiger partial charge in [0.15, 0.2) is 11.5 Å². The molecule has 0 spiro atoms. The van der Waals surface area contributed by atoms with Gasteiger partial charge in [-0.05, 0) is 41.8 Å². The predicted octanol–water partition coefficient (Wildman–Crippen LogP) is 2.39. The number of aliphatic hydroxyl groups is 1. The summed E-state index contributed by atoms with van der Waals surface area (Å²) in [5.41, 5.74) is 1.64. The van der Waals surface area contributed by atoms with E-state index < -0.39 is 35.3 Å². The number of carbonyl (C=O) groups is 3. The van der Waals surface area contributed by atoms with Gasteiger partial charge in [0, 0.05) is 23.4 Å². The van der Waals surface area contributed by atoms with Crippen molar-refractivity contribution in [1.29, 1.82) is 0 Å². The molecule has 3 amide bonds. The number of H-pyrrole nitrogens is 2. The normalized spacial score (nSPS) is 12.8. The van der Waals surface area contributed by atoms with Gasteiger partial charge in [0.1, 0.15) is 11.4 Å². The average Bonchev–Trinajstić information content (AvgIpc) is 3.60. The highest BCUT2D eigenvalue weighted by molar-refractivity contribution is 5.98. The van der Waals surface area contributed by atoms with Gasteiger partial charge in [0.05, 0.1) is 12.1 Å². The van der Waals surface area contributed by atoms with Crippen molar-refractivity contribution in [1.82, 2.24) is 36.2 Å². The van der Waals surface area contributed by atoms with Crippen molar-refractivity contribution in [2.24, 2.45) is 0 Å². The Hall–Kier alpha value is -5.95. The van der Waals surface area contributed by atoms with Crippen LogP contribution < -0.4 is 21.4 Å². The van der Waals surface area contributed by atoms with E-state index in [-0.39, 0.29) is 23.9 Å². The van der Waals surface area contributed by atoms with Crippen LogP contribution in [0.4, 0.5) is 5.69 Å². The van der Waals surface area contributed by atoms with E-state index in [0.29, 0.717) is 17.1 Å². The van der Waals surface area contributed by atoms with E-state index in [1.54, 1.807) is 55.5 Å². The highest BCUT2D eigenvalue weighted by Gasteiger charge is 2.29. The van der Waals surface area contributed by atoms with E-state index in [0.717, 1.165) is 23.3 Å². The minimum Gasteiger partial charge on any atom is -0.381 e. The third-order valence-corrected chi connectivity index (χ3v) is 6.98. The van der Waals surface area contributed by atoms with Crippen LogP contribution in [-0.4, -0.2) is 60.6 Å². The molecule has 3 atom stereocenters. The van der Waals surface area contributed by atoms with Gasteiger partial charge in [-0.1, -0.05) is 72.8 Å². The number of pyridine rings is 1. The van der Waals surface area contributed by atoms with Gasteiger partial charge in [0.2, 0.25) is 5.82 Å². The molecule has 45 heavy (non-hydrogen) atoms. The van der Waals surface area contributed by atoms with Crippen molar-refractivity contribution in [3.63, 3.8) is 0 Å². The Kier molecular flexibility index (Phi) is 9.50. The summed E-state index contributed by atoms with van der Waals surface area (Å²) >= 11 is 0.